The van der Waals surface area contributed by atoms with Gasteiger partial charge in [-0.1, -0.05) is 30.9 Å². The highest BCUT2D eigenvalue weighted by Gasteiger charge is 2.13. The Bertz CT molecular complexity index is 375. The van der Waals surface area contributed by atoms with Crippen molar-refractivity contribution in [2.45, 2.75) is 39.0 Å². The maximum Gasteiger partial charge on any atom is 0.138 e. The van der Waals surface area contributed by atoms with Gasteiger partial charge in [0.05, 0.1) is 11.6 Å². The summed E-state index contributed by atoms with van der Waals surface area (Å²) in [5, 5.41) is 4.17. The summed E-state index contributed by atoms with van der Waals surface area (Å²) in [6.07, 6.45) is 6.90. The lowest BCUT2D eigenvalue weighted by Gasteiger charge is -2.22. The summed E-state index contributed by atoms with van der Waals surface area (Å²) in [5.41, 5.74) is 1.09. The van der Waals surface area contributed by atoms with E-state index in [2.05, 4.69) is 5.32 Å². The molecular weight excluding hydrogens is 246 g/mol. The molecule has 0 bridgehead atoms. The molecule has 1 fully saturated rings. The molecule has 1 aliphatic rings. The Hall–Kier alpha value is -0.890. The average Bonchev–Trinajstić information content (AvgIpc) is 2.41. The summed E-state index contributed by atoms with van der Waals surface area (Å²) < 4.78 is 5.43. The molecule has 1 aromatic rings. The van der Waals surface area contributed by atoms with Gasteiger partial charge >= 0.3 is 0 Å². The Morgan fingerprint density at radius 1 is 1.28 bits per heavy atom. The lowest BCUT2D eigenvalue weighted by Crippen LogP contribution is -2.17. The van der Waals surface area contributed by atoms with E-state index in [9.17, 15) is 0 Å². The van der Waals surface area contributed by atoms with Gasteiger partial charge in [-0.15, -0.1) is 0 Å². The minimum absolute atomic E-state index is 0.647. The zero-order valence-corrected chi connectivity index (χ0v) is 11.8. The maximum absolute atomic E-state index is 6.16. The topological polar surface area (TPSA) is 21.3 Å². The standard InChI is InChI=1S/C15H22ClNO/c1-2-18-15-9-8-13(10-14(15)16)17-11-12-6-4-3-5-7-12/h8-10,12,17H,2-7,11H2,1H3. The first kappa shape index (κ1) is 13.5. The molecule has 0 atom stereocenters. The van der Waals surface area contributed by atoms with Gasteiger partial charge in [-0.3, -0.25) is 0 Å². The molecule has 0 amide bonds. The average molecular weight is 268 g/mol. The third-order valence-electron chi connectivity index (χ3n) is 3.55. The number of hydrogen-bond acceptors (Lipinski definition) is 2. The van der Waals surface area contributed by atoms with E-state index in [0.717, 1.165) is 23.9 Å². The molecule has 3 heteroatoms. The van der Waals surface area contributed by atoms with Crippen LogP contribution in [0.4, 0.5) is 5.69 Å². The van der Waals surface area contributed by atoms with E-state index < -0.39 is 0 Å². The molecule has 1 aromatic carbocycles. The zero-order chi connectivity index (χ0) is 12.8. The van der Waals surface area contributed by atoms with E-state index in [1.54, 1.807) is 0 Å². The first-order chi connectivity index (χ1) is 8.79. The molecule has 18 heavy (non-hydrogen) atoms. The van der Waals surface area contributed by atoms with Crippen molar-refractivity contribution in [2.75, 3.05) is 18.5 Å². The van der Waals surface area contributed by atoms with Crippen molar-refractivity contribution in [3.63, 3.8) is 0 Å². The fourth-order valence-electron chi connectivity index (χ4n) is 2.54. The Balaban J connectivity index is 1.87. The van der Waals surface area contributed by atoms with Crippen LogP contribution in [-0.2, 0) is 0 Å². The fourth-order valence-corrected chi connectivity index (χ4v) is 2.77. The number of ether oxygens (including phenoxy) is 1. The second kappa shape index (κ2) is 6.89. The maximum atomic E-state index is 6.16. The molecule has 0 unspecified atom stereocenters. The van der Waals surface area contributed by atoms with Crippen molar-refractivity contribution >= 4 is 17.3 Å². The minimum atomic E-state index is 0.647. The Morgan fingerprint density at radius 3 is 2.72 bits per heavy atom. The highest BCUT2D eigenvalue weighted by molar-refractivity contribution is 6.32. The van der Waals surface area contributed by atoms with Gasteiger partial charge in [0.2, 0.25) is 0 Å². The molecule has 0 spiro atoms. The summed E-state index contributed by atoms with van der Waals surface area (Å²) in [7, 11) is 0. The predicted octanol–water partition coefficient (Wildman–Crippen LogP) is 4.73. The summed E-state index contributed by atoms with van der Waals surface area (Å²) in [6, 6.07) is 5.93. The van der Waals surface area contributed by atoms with Crippen molar-refractivity contribution in [3.8, 4) is 5.75 Å². The third-order valence-corrected chi connectivity index (χ3v) is 3.85. The lowest BCUT2D eigenvalue weighted by atomic mass is 9.89. The summed E-state index contributed by atoms with van der Waals surface area (Å²) in [5.74, 6) is 1.59. The highest BCUT2D eigenvalue weighted by atomic mass is 35.5. The molecule has 0 aromatic heterocycles. The molecule has 0 aliphatic heterocycles. The van der Waals surface area contributed by atoms with Gasteiger partial charge < -0.3 is 10.1 Å². The Labute approximate surface area is 115 Å². The lowest BCUT2D eigenvalue weighted by molar-refractivity contribution is 0.340. The molecule has 100 valence electrons. The van der Waals surface area contributed by atoms with Gasteiger partial charge in [0, 0.05) is 12.2 Å². The molecule has 1 N–H and O–H groups in total. The van der Waals surface area contributed by atoms with E-state index in [1.165, 1.54) is 32.1 Å². The van der Waals surface area contributed by atoms with E-state index in [0.29, 0.717) is 11.6 Å². The van der Waals surface area contributed by atoms with Crippen molar-refractivity contribution in [1.29, 1.82) is 0 Å². The van der Waals surface area contributed by atoms with Crippen LogP contribution in [0.5, 0.6) is 5.75 Å². The normalized spacial score (nSPS) is 16.6. The number of benzene rings is 1. The minimum Gasteiger partial charge on any atom is -0.492 e. The van der Waals surface area contributed by atoms with Crippen molar-refractivity contribution in [3.05, 3.63) is 23.2 Å². The van der Waals surface area contributed by atoms with Gasteiger partial charge in [-0.05, 0) is 43.9 Å². The Morgan fingerprint density at radius 2 is 2.06 bits per heavy atom. The molecule has 2 nitrogen and oxygen atoms in total. The van der Waals surface area contributed by atoms with Crippen LogP contribution in [0.1, 0.15) is 39.0 Å². The summed E-state index contributed by atoms with van der Waals surface area (Å²) in [4.78, 5) is 0. The third kappa shape index (κ3) is 3.81. The van der Waals surface area contributed by atoms with E-state index in [1.807, 2.05) is 25.1 Å². The van der Waals surface area contributed by atoms with Gasteiger partial charge in [0.25, 0.3) is 0 Å². The van der Waals surface area contributed by atoms with Gasteiger partial charge in [0.15, 0.2) is 0 Å². The zero-order valence-electron chi connectivity index (χ0n) is 11.0. The van der Waals surface area contributed by atoms with E-state index in [-0.39, 0.29) is 0 Å². The quantitative estimate of drug-likeness (QED) is 0.833. The van der Waals surface area contributed by atoms with Crippen LogP contribution in [0.25, 0.3) is 0 Å². The summed E-state index contributed by atoms with van der Waals surface area (Å²) in [6.45, 7) is 3.67. The first-order valence-corrected chi connectivity index (χ1v) is 7.33. The Kier molecular flexibility index (Phi) is 5.18. The molecule has 1 aliphatic carbocycles. The predicted molar refractivity (Wildman–Crippen MR) is 77.7 cm³/mol. The molecule has 0 heterocycles. The number of hydrogen-bond donors (Lipinski definition) is 1. The molecule has 0 saturated heterocycles. The number of rotatable bonds is 5. The fraction of sp³-hybridized carbons (Fsp3) is 0.600. The smallest absolute Gasteiger partial charge is 0.138 e. The number of nitrogens with one attached hydrogen (secondary N) is 1. The van der Waals surface area contributed by atoms with Crippen molar-refractivity contribution in [2.24, 2.45) is 5.92 Å². The van der Waals surface area contributed by atoms with Gasteiger partial charge in [0.1, 0.15) is 5.75 Å². The van der Waals surface area contributed by atoms with Crippen LogP contribution < -0.4 is 10.1 Å². The molecular formula is C15H22ClNO. The largest absolute Gasteiger partial charge is 0.492 e. The second-order valence-corrected chi connectivity index (χ2v) is 5.37. The first-order valence-electron chi connectivity index (χ1n) is 6.96. The van der Waals surface area contributed by atoms with Crippen LogP contribution in [0.15, 0.2) is 18.2 Å². The molecule has 1 saturated carbocycles. The van der Waals surface area contributed by atoms with Crippen molar-refractivity contribution in [1.82, 2.24) is 0 Å². The van der Waals surface area contributed by atoms with Crippen LogP contribution in [0.3, 0.4) is 0 Å². The van der Waals surface area contributed by atoms with E-state index in [4.69, 9.17) is 16.3 Å². The van der Waals surface area contributed by atoms with Crippen LogP contribution >= 0.6 is 11.6 Å². The van der Waals surface area contributed by atoms with Crippen LogP contribution in [-0.4, -0.2) is 13.2 Å². The second-order valence-electron chi connectivity index (χ2n) is 4.96. The number of halogens is 1. The van der Waals surface area contributed by atoms with Gasteiger partial charge in [-0.25, -0.2) is 0 Å². The SMILES string of the molecule is CCOc1ccc(NCC2CCCCC2)cc1Cl. The van der Waals surface area contributed by atoms with Crippen molar-refractivity contribution < 1.29 is 4.74 Å². The van der Waals surface area contributed by atoms with Gasteiger partial charge in [-0.2, -0.15) is 0 Å². The van der Waals surface area contributed by atoms with Crippen LogP contribution in [0, 0.1) is 5.92 Å². The summed E-state index contributed by atoms with van der Waals surface area (Å²) >= 11 is 6.16. The molecule has 0 radical (unpaired) electrons. The van der Waals surface area contributed by atoms with E-state index >= 15 is 0 Å². The monoisotopic (exact) mass is 267 g/mol. The molecule has 2 rings (SSSR count). The number of anilines is 1. The highest BCUT2D eigenvalue weighted by Crippen LogP contribution is 2.29. The van der Waals surface area contributed by atoms with Crippen LogP contribution in [0.2, 0.25) is 5.02 Å².